The van der Waals surface area contributed by atoms with Crippen LogP contribution in [0.5, 0.6) is 0 Å². The van der Waals surface area contributed by atoms with E-state index in [9.17, 15) is 9.90 Å². The van der Waals surface area contributed by atoms with Crippen LogP contribution in [0.2, 0.25) is 0 Å². The Morgan fingerprint density at radius 3 is 2.67 bits per heavy atom. The molecule has 0 aliphatic heterocycles. The molecule has 18 heavy (non-hydrogen) atoms. The second kappa shape index (κ2) is 10.3. The summed E-state index contributed by atoms with van der Waals surface area (Å²) >= 11 is 0. The van der Waals surface area contributed by atoms with E-state index in [4.69, 9.17) is 4.74 Å². The van der Waals surface area contributed by atoms with E-state index in [0.29, 0.717) is 19.2 Å². The van der Waals surface area contributed by atoms with Crippen LogP contribution in [0.25, 0.3) is 0 Å². The van der Waals surface area contributed by atoms with Crippen molar-refractivity contribution in [2.45, 2.75) is 45.8 Å². The molecule has 0 rings (SSSR count). The normalized spacial score (nSPS) is 13.1. The number of hydrogen-bond donors (Lipinski definition) is 2. The van der Waals surface area contributed by atoms with Crippen molar-refractivity contribution in [2.24, 2.45) is 0 Å². The lowest BCUT2D eigenvalue weighted by atomic mass is 10.2. The third-order valence-corrected chi connectivity index (χ3v) is 2.83. The molecule has 0 heterocycles. The number of nitrogens with zero attached hydrogens (tertiary/aromatic N) is 1. The Hall–Kier alpha value is -0.650. The van der Waals surface area contributed by atoms with Crippen LogP contribution in [0.15, 0.2) is 0 Å². The number of rotatable bonds is 10. The topological polar surface area (TPSA) is 61.8 Å². The molecule has 2 N–H and O–H groups in total. The zero-order chi connectivity index (χ0) is 14.0. The second-order valence-corrected chi connectivity index (χ2v) is 4.80. The highest BCUT2D eigenvalue weighted by atomic mass is 16.5. The molecule has 0 saturated heterocycles. The van der Waals surface area contributed by atoms with Gasteiger partial charge in [-0.3, -0.25) is 4.79 Å². The van der Waals surface area contributed by atoms with Crippen LogP contribution in [0.3, 0.4) is 0 Å². The van der Waals surface area contributed by atoms with E-state index in [0.717, 1.165) is 19.5 Å². The molecule has 0 saturated carbocycles. The Morgan fingerprint density at radius 2 is 2.11 bits per heavy atom. The third kappa shape index (κ3) is 9.39. The Bertz CT molecular complexity index is 222. The molecule has 0 fully saturated rings. The molecule has 0 amide bonds. The molecule has 0 aromatic heterocycles. The van der Waals surface area contributed by atoms with Crippen molar-refractivity contribution in [3.8, 4) is 0 Å². The Balaban J connectivity index is 3.46. The SMILES string of the molecule is CCOC(=O)CC(O)CNCCCN(C)C(C)C. The minimum atomic E-state index is -0.660. The minimum absolute atomic E-state index is 0.0622. The molecule has 0 aromatic carbocycles. The third-order valence-electron chi connectivity index (χ3n) is 2.83. The standard InChI is InChI=1S/C13H28N2O3/c1-5-18-13(17)9-12(16)10-14-7-6-8-15(4)11(2)3/h11-12,14,16H,5-10H2,1-4H3. The summed E-state index contributed by atoms with van der Waals surface area (Å²) in [5.74, 6) is -0.341. The van der Waals surface area contributed by atoms with Crippen LogP contribution >= 0.6 is 0 Å². The monoisotopic (exact) mass is 260 g/mol. The molecule has 5 heteroatoms. The molecular weight excluding hydrogens is 232 g/mol. The Morgan fingerprint density at radius 1 is 1.44 bits per heavy atom. The molecule has 0 aliphatic carbocycles. The maximum Gasteiger partial charge on any atom is 0.308 e. The average Bonchev–Trinajstić information content (AvgIpc) is 2.28. The minimum Gasteiger partial charge on any atom is -0.466 e. The molecule has 5 nitrogen and oxygen atoms in total. The molecular formula is C13H28N2O3. The van der Waals surface area contributed by atoms with Crippen molar-refractivity contribution in [3.05, 3.63) is 0 Å². The summed E-state index contributed by atoms with van der Waals surface area (Å²) in [4.78, 5) is 13.4. The molecule has 108 valence electrons. The molecule has 0 aromatic rings. The van der Waals surface area contributed by atoms with Crippen LogP contribution in [-0.4, -0.2) is 61.4 Å². The Labute approximate surface area is 110 Å². The van der Waals surface area contributed by atoms with E-state index in [-0.39, 0.29) is 12.4 Å². The molecule has 1 unspecified atom stereocenters. The van der Waals surface area contributed by atoms with Gasteiger partial charge in [0.2, 0.25) is 0 Å². The summed E-state index contributed by atoms with van der Waals surface area (Å²) in [6.45, 7) is 8.75. The molecule has 1 atom stereocenters. The van der Waals surface area contributed by atoms with Crippen molar-refractivity contribution in [3.63, 3.8) is 0 Å². The van der Waals surface area contributed by atoms with Crippen molar-refractivity contribution in [1.82, 2.24) is 10.2 Å². The predicted molar refractivity (Wildman–Crippen MR) is 72.5 cm³/mol. The number of hydrogen-bond acceptors (Lipinski definition) is 5. The van der Waals surface area contributed by atoms with E-state index in [2.05, 4.69) is 31.1 Å². The summed E-state index contributed by atoms with van der Waals surface area (Å²) < 4.78 is 4.76. The first kappa shape index (κ1) is 17.4. The number of aliphatic hydroxyl groups excluding tert-OH is 1. The highest BCUT2D eigenvalue weighted by molar-refractivity contribution is 5.69. The number of esters is 1. The first-order valence-corrected chi connectivity index (χ1v) is 6.72. The zero-order valence-electron chi connectivity index (χ0n) is 12.1. The highest BCUT2D eigenvalue weighted by Crippen LogP contribution is 1.96. The van der Waals surface area contributed by atoms with Gasteiger partial charge in [-0.05, 0) is 47.3 Å². The smallest absolute Gasteiger partial charge is 0.308 e. The molecule has 0 spiro atoms. The van der Waals surface area contributed by atoms with Crippen molar-refractivity contribution in [1.29, 1.82) is 0 Å². The van der Waals surface area contributed by atoms with Gasteiger partial charge in [-0.15, -0.1) is 0 Å². The lowest BCUT2D eigenvalue weighted by Crippen LogP contribution is -2.33. The summed E-state index contributed by atoms with van der Waals surface area (Å²) in [6.07, 6.45) is 0.431. The molecule has 0 bridgehead atoms. The molecule has 0 aliphatic rings. The van der Waals surface area contributed by atoms with Crippen LogP contribution in [-0.2, 0) is 9.53 Å². The lowest BCUT2D eigenvalue weighted by Gasteiger charge is -2.20. The van der Waals surface area contributed by atoms with Crippen LogP contribution < -0.4 is 5.32 Å². The fraction of sp³-hybridized carbons (Fsp3) is 0.923. The summed E-state index contributed by atoms with van der Waals surface area (Å²) in [5, 5.41) is 12.7. The average molecular weight is 260 g/mol. The van der Waals surface area contributed by atoms with Gasteiger partial charge in [-0.2, -0.15) is 0 Å². The second-order valence-electron chi connectivity index (χ2n) is 4.80. The van der Waals surface area contributed by atoms with Gasteiger partial charge in [0.05, 0.1) is 19.1 Å². The number of ether oxygens (including phenoxy) is 1. The maximum absolute atomic E-state index is 11.1. The van der Waals surface area contributed by atoms with Gasteiger partial charge in [0.15, 0.2) is 0 Å². The van der Waals surface area contributed by atoms with Gasteiger partial charge < -0.3 is 20.1 Å². The number of nitrogens with one attached hydrogen (secondary N) is 1. The quantitative estimate of drug-likeness (QED) is 0.445. The predicted octanol–water partition coefficient (Wildman–Crippen LogP) is 0.620. The van der Waals surface area contributed by atoms with E-state index in [1.54, 1.807) is 6.92 Å². The largest absolute Gasteiger partial charge is 0.466 e. The molecule has 0 radical (unpaired) electrons. The van der Waals surface area contributed by atoms with Gasteiger partial charge in [0, 0.05) is 12.6 Å². The van der Waals surface area contributed by atoms with E-state index in [1.165, 1.54) is 0 Å². The fourth-order valence-corrected chi connectivity index (χ4v) is 1.46. The van der Waals surface area contributed by atoms with Crippen LogP contribution in [0.1, 0.15) is 33.6 Å². The van der Waals surface area contributed by atoms with Crippen molar-refractivity contribution in [2.75, 3.05) is 33.3 Å². The summed E-state index contributed by atoms with van der Waals surface area (Å²) in [6, 6.07) is 0.555. The summed E-state index contributed by atoms with van der Waals surface area (Å²) in [7, 11) is 2.10. The van der Waals surface area contributed by atoms with Crippen LogP contribution in [0.4, 0.5) is 0 Å². The lowest BCUT2D eigenvalue weighted by molar-refractivity contribution is -0.145. The van der Waals surface area contributed by atoms with Gasteiger partial charge in [0.25, 0.3) is 0 Å². The van der Waals surface area contributed by atoms with Gasteiger partial charge in [-0.1, -0.05) is 0 Å². The van der Waals surface area contributed by atoms with E-state index < -0.39 is 6.10 Å². The number of aliphatic hydroxyl groups is 1. The van der Waals surface area contributed by atoms with Crippen molar-refractivity contribution >= 4 is 5.97 Å². The Kier molecular flexibility index (Phi) is 9.92. The zero-order valence-corrected chi connectivity index (χ0v) is 12.1. The first-order chi connectivity index (χ1) is 8.47. The first-order valence-electron chi connectivity index (χ1n) is 6.72. The summed E-state index contributed by atoms with van der Waals surface area (Å²) in [5.41, 5.74) is 0. The van der Waals surface area contributed by atoms with Gasteiger partial charge in [0.1, 0.15) is 0 Å². The van der Waals surface area contributed by atoms with Gasteiger partial charge >= 0.3 is 5.97 Å². The highest BCUT2D eigenvalue weighted by Gasteiger charge is 2.10. The van der Waals surface area contributed by atoms with Crippen LogP contribution in [0, 0.1) is 0 Å². The maximum atomic E-state index is 11.1. The van der Waals surface area contributed by atoms with Crippen molar-refractivity contribution < 1.29 is 14.6 Å². The fourth-order valence-electron chi connectivity index (χ4n) is 1.46. The number of carbonyl (C=O) groups excluding carboxylic acids is 1. The van der Waals surface area contributed by atoms with E-state index in [1.807, 2.05) is 0 Å². The van der Waals surface area contributed by atoms with E-state index >= 15 is 0 Å². The number of carbonyl (C=O) groups is 1. The van der Waals surface area contributed by atoms with Gasteiger partial charge in [-0.25, -0.2) is 0 Å².